The van der Waals surface area contributed by atoms with E-state index in [0.717, 1.165) is 25.2 Å². The van der Waals surface area contributed by atoms with Gasteiger partial charge in [0.15, 0.2) is 6.61 Å². The first kappa shape index (κ1) is 13.1. The van der Waals surface area contributed by atoms with Crippen LogP contribution in [0, 0.1) is 5.41 Å². The molecule has 2 aliphatic heterocycles. The standard InChI is InChI=1S/C15H21N3O2/c1-15(2)4-3-5-18(9-15)12-7-11-13(6-10(12)16)20-8-14(19)17-11/h6-7H,3-5,8-9,16H2,1-2H3,(H,17,19). The predicted octanol–water partition coefficient (Wildman–Crippen LogP) is 2.23. The third-order valence-electron chi connectivity index (χ3n) is 4.00. The maximum atomic E-state index is 11.4. The number of benzene rings is 1. The first-order valence-electron chi connectivity index (χ1n) is 7.06. The summed E-state index contributed by atoms with van der Waals surface area (Å²) in [6, 6.07) is 3.74. The summed E-state index contributed by atoms with van der Waals surface area (Å²) in [6.07, 6.45) is 2.39. The van der Waals surface area contributed by atoms with E-state index < -0.39 is 0 Å². The molecule has 3 N–H and O–H groups in total. The number of nitrogens with two attached hydrogens (primary N) is 1. The molecule has 1 aromatic carbocycles. The van der Waals surface area contributed by atoms with Crippen molar-refractivity contribution in [3.05, 3.63) is 12.1 Å². The van der Waals surface area contributed by atoms with Crippen LogP contribution < -0.4 is 20.7 Å². The van der Waals surface area contributed by atoms with E-state index in [1.807, 2.05) is 12.1 Å². The molecule has 0 aliphatic carbocycles. The van der Waals surface area contributed by atoms with Gasteiger partial charge in [0.2, 0.25) is 0 Å². The summed E-state index contributed by atoms with van der Waals surface area (Å²) in [4.78, 5) is 13.7. The number of hydrogen-bond donors (Lipinski definition) is 2. The third-order valence-corrected chi connectivity index (χ3v) is 4.00. The molecule has 20 heavy (non-hydrogen) atoms. The zero-order valence-corrected chi connectivity index (χ0v) is 12.0. The Morgan fingerprint density at radius 2 is 2.20 bits per heavy atom. The Balaban J connectivity index is 1.93. The smallest absolute Gasteiger partial charge is 0.262 e. The highest BCUT2D eigenvalue weighted by atomic mass is 16.5. The largest absolute Gasteiger partial charge is 0.482 e. The summed E-state index contributed by atoms with van der Waals surface area (Å²) in [6.45, 7) is 6.59. The summed E-state index contributed by atoms with van der Waals surface area (Å²) >= 11 is 0. The van der Waals surface area contributed by atoms with Gasteiger partial charge in [-0.1, -0.05) is 13.8 Å². The van der Waals surface area contributed by atoms with Gasteiger partial charge in [0, 0.05) is 19.2 Å². The van der Waals surface area contributed by atoms with Gasteiger partial charge < -0.3 is 20.7 Å². The van der Waals surface area contributed by atoms with E-state index in [-0.39, 0.29) is 12.5 Å². The molecule has 0 atom stereocenters. The molecule has 1 amide bonds. The van der Waals surface area contributed by atoms with Crippen molar-refractivity contribution in [3.8, 4) is 5.75 Å². The summed E-state index contributed by atoms with van der Waals surface area (Å²) in [5, 5.41) is 2.84. The molecule has 1 saturated heterocycles. The first-order chi connectivity index (χ1) is 9.44. The number of fused-ring (bicyclic) bond motifs is 1. The fourth-order valence-electron chi connectivity index (χ4n) is 3.03. The summed E-state index contributed by atoms with van der Waals surface area (Å²) in [5.41, 5.74) is 8.87. The minimum atomic E-state index is -0.118. The van der Waals surface area contributed by atoms with Crippen LogP contribution in [0.3, 0.4) is 0 Å². The van der Waals surface area contributed by atoms with Crippen LogP contribution in [0.4, 0.5) is 17.1 Å². The summed E-state index contributed by atoms with van der Waals surface area (Å²) in [7, 11) is 0. The van der Waals surface area contributed by atoms with Crippen molar-refractivity contribution in [2.24, 2.45) is 5.41 Å². The number of rotatable bonds is 1. The SMILES string of the molecule is CC1(C)CCCN(c2cc3c(cc2N)OCC(=O)N3)C1. The Kier molecular flexibility index (Phi) is 3.00. The van der Waals surface area contributed by atoms with Gasteiger partial charge in [-0.05, 0) is 24.3 Å². The van der Waals surface area contributed by atoms with Crippen molar-refractivity contribution in [2.45, 2.75) is 26.7 Å². The van der Waals surface area contributed by atoms with Gasteiger partial charge in [0.05, 0.1) is 17.1 Å². The fraction of sp³-hybridized carbons (Fsp3) is 0.533. The molecule has 0 aromatic heterocycles. The van der Waals surface area contributed by atoms with E-state index in [1.54, 1.807) is 0 Å². The van der Waals surface area contributed by atoms with Crippen LogP contribution in [-0.4, -0.2) is 25.6 Å². The Morgan fingerprint density at radius 3 is 2.95 bits per heavy atom. The molecular formula is C15H21N3O2. The van der Waals surface area contributed by atoms with Gasteiger partial charge in [-0.25, -0.2) is 0 Å². The monoisotopic (exact) mass is 275 g/mol. The third kappa shape index (κ3) is 2.40. The Labute approximate surface area is 119 Å². The van der Waals surface area contributed by atoms with Crippen molar-refractivity contribution in [1.29, 1.82) is 0 Å². The van der Waals surface area contributed by atoms with Crippen LogP contribution in [0.15, 0.2) is 12.1 Å². The van der Waals surface area contributed by atoms with E-state index >= 15 is 0 Å². The molecule has 0 bridgehead atoms. The molecule has 2 heterocycles. The minimum absolute atomic E-state index is 0.0581. The van der Waals surface area contributed by atoms with Gasteiger partial charge in [-0.3, -0.25) is 4.79 Å². The van der Waals surface area contributed by atoms with Crippen molar-refractivity contribution in [3.63, 3.8) is 0 Å². The van der Waals surface area contributed by atoms with E-state index in [2.05, 4.69) is 24.1 Å². The van der Waals surface area contributed by atoms with Crippen molar-refractivity contribution in [2.75, 3.05) is 35.6 Å². The number of carbonyl (C=O) groups excluding carboxylic acids is 1. The average Bonchev–Trinajstić information content (AvgIpc) is 2.37. The average molecular weight is 275 g/mol. The molecule has 108 valence electrons. The molecule has 1 fully saturated rings. The molecule has 5 nitrogen and oxygen atoms in total. The van der Waals surface area contributed by atoms with E-state index in [1.165, 1.54) is 6.42 Å². The number of ether oxygens (including phenoxy) is 1. The second-order valence-electron chi connectivity index (χ2n) is 6.43. The highest BCUT2D eigenvalue weighted by Crippen LogP contribution is 2.40. The van der Waals surface area contributed by atoms with Crippen LogP contribution >= 0.6 is 0 Å². The lowest BCUT2D eigenvalue weighted by molar-refractivity contribution is -0.118. The van der Waals surface area contributed by atoms with Crippen molar-refractivity contribution >= 4 is 23.0 Å². The highest BCUT2D eigenvalue weighted by Gasteiger charge is 2.28. The van der Waals surface area contributed by atoms with E-state index in [4.69, 9.17) is 10.5 Å². The number of amides is 1. The Bertz CT molecular complexity index is 554. The number of carbonyl (C=O) groups is 1. The lowest BCUT2D eigenvalue weighted by Crippen LogP contribution is -2.40. The maximum absolute atomic E-state index is 11.4. The van der Waals surface area contributed by atoms with Gasteiger partial charge in [-0.2, -0.15) is 0 Å². The van der Waals surface area contributed by atoms with E-state index in [0.29, 0.717) is 22.5 Å². The van der Waals surface area contributed by atoms with Crippen LogP contribution in [-0.2, 0) is 4.79 Å². The molecule has 0 unspecified atom stereocenters. The quantitative estimate of drug-likeness (QED) is 0.771. The number of piperidine rings is 1. The lowest BCUT2D eigenvalue weighted by Gasteiger charge is -2.40. The van der Waals surface area contributed by atoms with Crippen LogP contribution in [0.25, 0.3) is 0 Å². The number of nitrogens with zero attached hydrogens (tertiary/aromatic N) is 1. The van der Waals surface area contributed by atoms with Gasteiger partial charge in [-0.15, -0.1) is 0 Å². The fourth-order valence-corrected chi connectivity index (χ4v) is 3.03. The number of nitrogen functional groups attached to an aromatic ring is 1. The van der Waals surface area contributed by atoms with E-state index in [9.17, 15) is 4.79 Å². The highest BCUT2D eigenvalue weighted by molar-refractivity contribution is 5.97. The summed E-state index contributed by atoms with van der Waals surface area (Å²) in [5.74, 6) is 0.536. The lowest BCUT2D eigenvalue weighted by atomic mass is 9.84. The molecule has 3 rings (SSSR count). The molecule has 1 aromatic rings. The van der Waals surface area contributed by atoms with Crippen LogP contribution in [0.5, 0.6) is 5.75 Å². The zero-order chi connectivity index (χ0) is 14.3. The predicted molar refractivity (Wildman–Crippen MR) is 80.2 cm³/mol. The maximum Gasteiger partial charge on any atom is 0.262 e. The summed E-state index contributed by atoms with van der Waals surface area (Å²) < 4.78 is 5.39. The van der Waals surface area contributed by atoms with Gasteiger partial charge >= 0.3 is 0 Å². The van der Waals surface area contributed by atoms with Gasteiger partial charge in [0.25, 0.3) is 5.91 Å². The van der Waals surface area contributed by atoms with Gasteiger partial charge in [0.1, 0.15) is 5.75 Å². The molecule has 0 spiro atoms. The molecule has 2 aliphatic rings. The van der Waals surface area contributed by atoms with Crippen LogP contribution in [0.2, 0.25) is 0 Å². The number of nitrogens with one attached hydrogen (secondary N) is 1. The molecule has 0 saturated carbocycles. The second-order valence-corrected chi connectivity index (χ2v) is 6.43. The number of anilines is 3. The van der Waals surface area contributed by atoms with Crippen molar-refractivity contribution < 1.29 is 9.53 Å². The molecule has 0 radical (unpaired) electrons. The second kappa shape index (κ2) is 4.58. The van der Waals surface area contributed by atoms with Crippen molar-refractivity contribution in [1.82, 2.24) is 0 Å². The first-order valence-corrected chi connectivity index (χ1v) is 7.06. The minimum Gasteiger partial charge on any atom is -0.482 e. The Morgan fingerprint density at radius 1 is 1.40 bits per heavy atom. The topological polar surface area (TPSA) is 67.6 Å². The number of hydrogen-bond acceptors (Lipinski definition) is 4. The Hall–Kier alpha value is -1.91. The normalized spacial score (nSPS) is 20.9. The molecule has 5 heteroatoms. The zero-order valence-electron chi connectivity index (χ0n) is 12.0. The van der Waals surface area contributed by atoms with Crippen LogP contribution in [0.1, 0.15) is 26.7 Å². The molecular weight excluding hydrogens is 254 g/mol.